The molecule has 3 amide bonds. The Hall–Kier alpha value is -2.07. The largest absolute Gasteiger partial charge is 0.345 e. The standard InChI is InChI=1S/C17H21N3O5S2/c1-11(4-7-16(23)25-20-14(21)5-6-15(20)22)26-27-13-8-9-18-10-12(13)17(24)19(2)3/h8-11H,4-7H2,1-3H3. The molecule has 0 bridgehead atoms. The van der Waals surface area contributed by atoms with Gasteiger partial charge in [-0.2, -0.15) is 0 Å². The van der Waals surface area contributed by atoms with E-state index in [0.29, 0.717) is 17.0 Å². The van der Waals surface area contributed by atoms with E-state index in [2.05, 4.69) is 4.98 Å². The van der Waals surface area contributed by atoms with E-state index in [0.717, 1.165) is 4.90 Å². The van der Waals surface area contributed by atoms with Crippen molar-refractivity contribution in [3.63, 3.8) is 0 Å². The van der Waals surface area contributed by atoms with E-state index in [9.17, 15) is 19.2 Å². The van der Waals surface area contributed by atoms with Gasteiger partial charge in [-0.15, -0.1) is 5.06 Å². The Kier molecular flexibility index (Phi) is 7.66. The molecule has 8 nitrogen and oxygen atoms in total. The Morgan fingerprint density at radius 2 is 1.96 bits per heavy atom. The minimum absolute atomic E-state index is 0.0783. The number of carbonyl (C=O) groups excluding carboxylic acids is 4. The first-order valence-electron chi connectivity index (χ1n) is 8.35. The summed E-state index contributed by atoms with van der Waals surface area (Å²) in [6, 6.07) is 1.78. The van der Waals surface area contributed by atoms with Crippen LogP contribution < -0.4 is 0 Å². The van der Waals surface area contributed by atoms with Crippen LogP contribution in [0.1, 0.15) is 43.0 Å². The maximum absolute atomic E-state index is 12.2. The first-order chi connectivity index (χ1) is 12.8. The molecule has 146 valence electrons. The molecule has 1 aliphatic rings. The molecule has 2 heterocycles. The van der Waals surface area contributed by atoms with Gasteiger partial charge in [0.25, 0.3) is 17.7 Å². The zero-order valence-electron chi connectivity index (χ0n) is 15.3. The van der Waals surface area contributed by atoms with Crippen LogP contribution in [0.5, 0.6) is 0 Å². The van der Waals surface area contributed by atoms with Crippen LogP contribution in [0.2, 0.25) is 0 Å². The van der Waals surface area contributed by atoms with Crippen LogP contribution in [0.15, 0.2) is 23.4 Å². The normalized spacial score (nSPS) is 15.0. The van der Waals surface area contributed by atoms with Crippen LogP contribution in [0.25, 0.3) is 0 Å². The van der Waals surface area contributed by atoms with Crippen molar-refractivity contribution < 1.29 is 24.0 Å². The summed E-state index contributed by atoms with van der Waals surface area (Å²) in [5.41, 5.74) is 0.526. The smallest absolute Gasteiger partial charge is 0.333 e. The molecule has 1 saturated heterocycles. The number of rotatable bonds is 8. The predicted molar refractivity (Wildman–Crippen MR) is 102 cm³/mol. The number of hydrogen-bond acceptors (Lipinski definition) is 8. The summed E-state index contributed by atoms with van der Waals surface area (Å²) >= 11 is 0. The number of nitrogens with zero attached hydrogens (tertiary/aromatic N) is 3. The van der Waals surface area contributed by atoms with Crippen molar-refractivity contribution in [1.29, 1.82) is 0 Å². The minimum atomic E-state index is -0.608. The Balaban J connectivity index is 1.81. The van der Waals surface area contributed by atoms with E-state index in [1.165, 1.54) is 32.7 Å². The molecule has 1 aromatic rings. The van der Waals surface area contributed by atoms with Gasteiger partial charge in [0, 0.05) is 55.9 Å². The quantitative estimate of drug-likeness (QED) is 0.475. The number of hydrogen-bond donors (Lipinski definition) is 0. The molecule has 0 spiro atoms. The average molecular weight is 412 g/mol. The van der Waals surface area contributed by atoms with Crippen LogP contribution in [0, 0.1) is 0 Å². The van der Waals surface area contributed by atoms with Gasteiger partial charge < -0.3 is 9.74 Å². The van der Waals surface area contributed by atoms with Crippen LogP contribution in [-0.2, 0) is 19.2 Å². The lowest BCUT2D eigenvalue weighted by Gasteiger charge is -2.15. The number of aromatic nitrogens is 1. The van der Waals surface area contributed by atoms with Crippen molar-refractivity contribution in [3.8, 4) is 0 Å². The Morgan fingerprint density at radius 3 is 2.59 bits per heavy atom. The summed E-state index contributed by atoms with van der Waals surface area (Å²) in [7, 11) is 6.33. The van der Waals surface area contributed by atoms with Crippen LogP contribution in [-0.4, -0.2) is 58.0 Å². The molecule has 1 unspecified atom stereocenters. The maximum Gasteiger partial charge on any atom is 0.333 e. The third-order valence-corrected chi connectivity index (χ3v) is 6.68. The molecule has 10 heteroatoms. The van der Waals surface area contributed by atoms with E-state index in [4.69, 9.17) is 4.84 Å². The third kappa shape index (κ3) is 5.96. The van der Waals surface area contributed by atoms with Crippen molar-refractivity contribution in [1.82, 2.24) is 14.9 Å². The highest BCUT2D eigenvalue weighted by atomic mass is 33.1. The fourth-order valence-electron chi connectivity index (χ4n) is 2.16. The Morgan fingerprint density at radius 1 is 1.30 bits per heavy atom. The first-order valence-corrected chi connectivity index (χ1v) is 10.6. The topological polar surface area (TPSA) is 96.9 Å². The van der Waals surface area contributed by atoms with Gasteiger partial charge in [-0.25, -0.2) is 4.79 Å². The predicted octanol–water partition coefficient (Wildman–Crippen LogP) is 2.30. The molecule has 0 N–H and O–H groups in total. The van der Waals surface area contributed by atoms with Crippen molar-refractivity contribution >= 4 is 45.3 Å². The lowest BCUT2D eigenvalue weighted by molar-refractivity contribution is -0.197. The Labute approximate surface area is 165 Å². The second kappa shape index (κ2) is 9.75. The highest BCUT2D eigenvalue weighted by Crippen LogP contribution is 2.37. The van der Waals surface area contributed by atoms with E-state index >= 15 is 0 Å². The second-order valence-corrected chi connectivity index (χ2v) is 8.83. The lowest BCUT2D eigenvalue weighted by atomic mass is 10.2. The number of pyridine rings is 1. The molecule has 0 aliphatic carbocycles. The minimum Gasteiger partial charge on any atom is -0.345 e. The van der Waals surface area contributed by atoms with Gasteiger partial charge in [-0.3, -0.25) is 19.4 Å². The monoisotopic (exact) mass is 411 g/mol. The zero-order chi connectivity index (χ0) is 20.0. The number of hydroxylamine groups is 2. The number of amides is 3. The van der Waals surface area contributed by atoms with Gasteiger partial charge in [0.15, 0.2) is 0 Å². The van der Waals surface area contributed by atoms with Gasteiger partial charge in [-0.1, -0.05) is 28.5 Å². The summed E-state index contributed by atoms with van der Waals surface area (Å²) in [4.78, 5) is 58.0. The van der Waals surface area contributed by atoms with Gasteiger partial charge in [0.1, 0.15) is 0 Å². The number of carbonyl (C=O) groups is 4. The summed E-state index contributed by atoms with van der Waals surface area (Å²) < 4.78 is 0. The maximum atomic E-state index is 12.2. The van der Waals surface area contributed by atoms with Gasteiger partial charge in [0.05, 0.1) is 5.56 Å². The van der Waals surface area contributed by atoms with Gasteiger partial charge >= 0.3 is 5.97 Å². The van der Waals surface area contributed by atoms with Crippen molar-refractivity contribution in [2.75, 3.05) is 14.1 Å². The molecule has 0 saturated carbocycles. The van der Waals surface area contributed by atoms with Gasteiger partial charge in [0.2, 0.25) is 0 Å². The van der Waals surface area contributed by atoms with E-state index in [1.54, 1.807) is 26.4 Å². The molecule has 0 aromatic carbocycles. The third-order valence-electron chi connectivity index (χ3n) is 3.67. The summed E-state index contributed by atoms with van der Waals surface area (Å²) in [6.45, 7) is 1.95. The van der Waals surface area contributed by atoms with E-state index in [-0.39, 0.29) is 30.4 Å². The number of imide groups is 1. The molecular formula is C17H21N3O5S2. The summed E-state index contributed by atoms with van der Waals surface area (Å²) in [5, 5.41) is 0.647. The molecule has 1 atom stereocenters. The molecule has 1 aromatic heterocycles. The van der Waals surface area contributed by atoms with E-state index < -0.39 is 17.8 Å². The molecule has 1 fully saturated rings. The molecule has 1 aliphatic heterocycles. The second-order valence-electron chi connectivity index (χ2n) is 6.15. The van der Waals surface area contributed by atoms with Crippen LogP contribution in [0.4, 0.5) is 0 Å². The molecule has 27 heavy (non-hydrogen) atoms. The molecule has 0 radical (unpaired) electrons. The Bertz CT molecular complexity index is 725. The fourth-order valence-corrected chi connectivity index (χ4v) is 4.52. The van der Waals surface area contributed by atoms with Crippen molar-refractivity contribution in [2.24, 2.45) is 0 Å². The zero-order valence-corrected chi connectivity index (χ0v) is 17.0. The van der Waals surface area contributed by atoms with Gasteiger partial charge in [-0.05, 0) is 12.5 Å². The van der Waals surface area contributed by atoms with Crippen molar-refractivity contribution in [2.45, 2.75) is 42.8 Å². The molecular weight excluding hydrogens is 390 g/mol. The molecule has 2 rings (SSSR count). The summed E-state index contributed by atoms with van der Waals surface area (Å²) in [6.07, 6.45) is 3.92. The highest BCUT2D eigenvalue weighted by molar-refractivity contribution is 8.77. The first kappa shape index (κ1) is 21.2. The van der Waals surface area contributed by atoms with Crippen LogP contribution >= 0.6 is 21.6 Å². The van der Waals surface area contributed by atoms with Crippen LogP contribution in [0.3, 0.4) is 0 Å². The lowest BCUT2D eigenvalue weighted by Crippen LogP contribution is -2.32. The van der Waals surface area contributed by atoms with Crippen molar-refractivity contribution in [3.05, 3.63) is 24.0 Å². The fraction of sp³-hybridized carbons (Fsp3) is 0.471. The summed E-state index contributed by atoms with van der Waals surface area (Å²) in [5.74, 6) is -1.70. The average Bonchev–Trinajstić information content (AvgIpc) is 2.96. The highest BCUT2D eigenvalue weighted by Gasteiger charge is 2.32. The SMILES string of the molecule is CC(CCC(=O)ON1C(=O)CCC1=O)SSc1ccncc1C(=O)N(C)C. The van der Waals surface area contributed by atoms with E-state index in [1.807, 2.05) is 6.92 Å².